The van der Waals surface area contributed by atoms with E-state index in [0.717, 1.165) is 12.1 Å². The minimum atomic E-state index is -1.42. The van der Waals surface area contributed by atoms with Crippen LogP contribution in [0.3, 0.4) is 0 Å². The molecule has 1 aliphatic carbocycles. The zero-order valence-corrected chi connectivity index (χ0v) is 25.6. The molecule has 3 aromatic rings. The lowest BCUT2D eigenvalue weighted by Gasteiger charge is -2.15. The second-order valence-corrected chi connectivity index (χ2v) is 12.0. The Balaban J connectivity index is 1.50. The highest BCUT2D eigenvalue weighted by atomic mass is 35.5. The van der Waals surface area contributed by atoms with Gasteiger partial charge in [-0.1, -0.05) is 40.9 Å². The molecule has 3 N–H and O–H groups in total. The van der Waals surface area contributed by atoms with Gasteiger partial charge in [-0.3, -0.25) is 14.4 Å². The van der Waals surface area contributed by atoms with E-state index in [1.54, 1.807) is 25.1 Å². The molecule has 0 spiro atoms. The third-order valence-electron chi connectivity index (χ3n) is 6.49. The molecule has 222 valence electrons. The first kappa shape index (κ1) is 32.3. The van der Waals surface area contributed by atoms with Crippen LogP contribution in [0.2, 0.25) is 15.1 Å². The molecule has 1 fully saturated rings. The van der Waals surface area contributed by atoms with Gasteiger partial charge in [0, 0.05) is 18.2 Å². The van der Waals surface area contributed by atoms with Crippen molar-refractivity contribution >= 4 is 92.8 Å². The van der Waals surface area contributed by atoms with Crippen LogP contribution in [0.5, 0.6) is 0 Å². The summed E-state index contributed by atoms with van der Waals surface area (Å²) >= 11 is 31.1. The van der Waals surface area contributed by atoms with Gasteiger partial charge in [0.2, 0.25) is 5.91 Å². The quantitative estimate of drug-likeness (QED) is 0.199. The fourth-order valence-electron chi connectivity index (χ4n) is 4.27. The van der Waals surface area contributed by atoms with Crippen LogP contribution in [-0.4, -0.2) is 34.8 Å². The largest absolute Gasteiger partial charge is 0.369 e. The van der Waals surface area contributed by atoms with Gasteiger partial charge in [-0.05, 0) is 61.9 Å². The van der Waals surface area contributed by atoms with E-state index in [1.807, 2.05) is 0 Å². The summed E-state index contributed by atoms with van der Waals surface area (Å²) in [7, 11) is 0. The average molecular weight is 680 g/mol. The molecule has 14 heteroatoms. The molecule has 3 amide bonds. The summed E-state index contributed by atoms with van der Waals surface area (Å²) in [6.45, 7) is 3.30. The molecule has 1 aliphatic rings. The molecule has 0 aromatic heterocycles. The van der Waals surface area contributed by atoms with Crippen molar-refractivity contribution in [1.82, 2.24) is 0 Å². The Kier molecular flexibility index (Phi) is 9.92. The van der Waals surface area contributed by atoms with Crippen molar-refractivity contribution in [2.75, 3.05) is 22.6 Å². The zero-order chi connectivity index (χ0) is 30.9. The molecule has 1 unspecified atom stereocenters. The number of halogens is 7. The van der Waals surface area contributed by atoms with Gasteiger partial charge in [0.05, 0.1) is 32.2 Å². The number of hydrogen-bond donors (Lipinski definition) is 3. The molecular formula is C28H22Cl5F2N3O4. The molecule has 42 heavy (non-hydrogen) atoms. The van der Waals surface area contributed by atoms with E-state index in [0.29, 0.717) is 10.6 Å². The summed E-state index contributed by atoms with van der Waals surface area (Å²) in [6.07, 6.45) is -0.971. The normalized spacial score (nSPS) is 17.7. The van der Waals surface area contributed by atoms with Crippen molar-refractivity contribution in [3.63, 3.8) is 0 Å². The van der Waals surface area contributed by atoms with Crippen molar-refractivity contribution in [3.8, 4) is 0 Å². The first-order valence-electron chi connectivity index (χ1n) is 12.4. The highest BCUT2D eigenvalue weighted by molar-refractivity contribution is 6.53. The lowest BCUT2D eigenvalue weighted by atomic mass is 10.1. The molecule has 0 bridgehead atoms. The van der Waals surface area contributed by atoms with Gasteiger partial charge in [0.15, 0.2) is 5.82 Å². The van der Waals surface area contributed by atoms with Crippen LogP contribution in [0.4, 0.5) is 25.8 Å². The molecule has 7 nitrogen and oxygen atoms in total. The summed E-state index contributed by atoms with van der Waals surface area (Å²) < 4.78 is 33.2. The van der Waals surface area contributed by atoms with E-state index in [2.05, 4.69) is 16.0 Å². The lowest BCUT2D eigenvalue weighted by Crippen LogP contribution is -2.28. The summed E-state index contributed by atoms with van der Waals surface area (Å²) in [4.78, 5) is 38.3. The number of rotatable bonds is 9. The number of carbonyl (C=O) groups is 3. The van der Waals surface area contributed by atoms with E-state index in [1.165, 1.54) is 25.1 Å². The fraction of sp³-hybridized carbons (Fsp3) is 0.250. The van der Waals surface area contributed by atoms with E-state index in [9.17, 15) is 18.8 Å². The van der Waals surface area contributed by atoms with Gasteiger partial charge in [-0.2, -0.15) is 0 Å². The number of amides is 3. The first-order valence-corrected chi connectivity index (χ1v) is 14.3. The van der Waals surface area contributed by atoms with Crippen molar-refractivity contribution in [2.24, 2.45) is 5.92 Å². The predicted molar refractivity (Wildman–Crippen MR) is 161 cm³/mol. The highest BCUT2D eigenvalue weighted by Crippen LogP contribution is 2.65. The Hall–Kier alpha value is -2.66. The van der Waals surface area contributed by atoms with Gasteiger partial charge in [0.25, 0.3) is 11.8 Å². The maximum absolute atomic E-state index is 15.1. The maximum Gasteiger partial charge on any atom is 0.257 e. The van der Waals surface area contributed by atoms with E-state index >= 15 is 4.39 Å². The summed E-state index contributed by atoms with van der Waals surface area (Å²) in [5, 5.41) is 7.69. The van der Waals surface area contributed by atoms with Gasteiger partial charge in [-0.15, -0.1) is 23.2 Å². The molecule has 3 aromatic carbocycles. The van der Waals surface area contributed by atoms with Gasteiger partial charge >= 0.3 is 0 Å². The Labute approximate surface area is 264 Å². The van der Waals surface area contributed by atoms with E-state index in [-0.39, 0.29) is 27.9 Å². The molecule has 0 radical (unpaired) electrons. The number of benzene rings is 3. The predicted octanol–water partition coefficient (Wildman–Crippen LogP) is 8.07. The Morgan fingerprint density at radius 2 is 1.62 bits per heavy atom. The average Bonchev–Trinajstić information content (AvgIpc) is 3.52. The topological polar surface area (TPSA) is 96.5 Å². The standard InChI is InChI=1S/C28H22Cl5F2N3O4/c1-3-42-12(2)25(39)38-24-19(34)8-9-20(23(24)35)37-26(40)15-11-14(5-7-16(15)29)36-27(41)22-21(28(22,32)33)13-4-6-17(30)18(31)10-13/h4-12,21-22H,3H2,1-2H3,(H,36,41)(H,37,40)(H,38,39)/t12?,21-,22+/m0/s1. The van der Waals surface area contributed by atoms with Crippen LogP contribution in [0.25, 0.3) is 0 Å². The number of carbonyl (C=O) groups excluding carboxylic acids is 3. The van der Waals surface area contributed by atoms with Crippen LogP contribution in [0.15, 0.2) is 48.5 Å². The monoisotopic (exact) mass is 677 g/mol. The number of nitrogens with one attached hydrogen (secondary N) is 3. The van der Waals surface area contributed by atoms with Crippen molar-refractivity contribution in [1.29, 1.82) is 0 Å². The summed E-state index contributed by atoms with van der Waals surface area (Å²) in [5.41, 5.74) is -0.523. The minimum absolute atomic E-state index is 0.0174. The van der Waals surface area contributed by atoms with E-state index in [4.69, 9.17) is 62.7 Å². The molecule has 0 aliphatic heterocycles. The van der Waals surface area contributed by atoms with Crippen molar-refractivity contribution < 1.29 is 27.9 Å². The number of anilines is 3. The lowest BCUT2D eigenvalue weighted by molar-refractivity contribution is -0.126. The SMILES string of the molecule is CCOC(C)C(=O)Nc1c(F)ccc(NC(=O)c2cc(NC(=O)[C@H]3[C@H](c4ccc(Cl)c(Cl)c4)C3(Cl)Cl)ccc2Cl)c1F. The van der Waals surface area contributed by atoms with Crippen LogP contribution in [0.1, 0.15) is 35.7 Å². The number of hydrogen-bond acceptors (Lipinski definition) is 4. The second kappa shape index (κ2) is 12.9. The van der Waals surface area contributed by atoms with Crippen LogP contribution in [-0.2, 0) is 14.3 Å². The van der Waals surface area contributed by atoms with Crippen LogP contribution < -0.4 is 16.0 Å². The molecule has 0 saturated heterocycles. The second-order valence-electron chi connectivity index (χ2n) is 9.31. The number of alkyl halides is 2. The molecule has 4 rings (SSSR count). The number of ether oxygens (including phenoxy) is 1. The van der Waals surface area contributed by atoms with Gasteiger partial charge < -0.3 is 20.7 Å². The van der Waals surface area contributed by atoms with Crippen LogP contribution >= 0.6 is 58.0 Å². The molecule has 3 atom stereocenters. The van der Waals surface area contributed by atoms with Gasteiger partial charge in [0.1, 0.15) is 21.9 Å². The summed E-state index contributed by atoms with van der Waals surface area (Å²) in [5.74, 6) is -5.87. The zero-order valence-electron chi connectivity index (χ0n) is 21.8. The Morgan fingerprint density at radius 1 is 0.929 bits per heavy atom. The van der Waals surface area contributed by atoms with Crippen LogP contribution in [0, 0.1) is 17.6 Å². The molecule has 1 saturated carbocycles. The van der Waals surface area contributed by atoms with Crippen molar-refractivity contribution in [3.05, 3.63) is 86.4 Å². The Morgan fingerprint density at radius 3 is 2.29 bits per heavy atom. The minimum Gasteiger partial charge on any atom is -0.369 e. The van der Waals surface area contributed by atoms with Gasteiger partial charge in [-0.25, -0.2) is 8.78 Å². The first-order chi connectivity index (χ1) is 19.8. The fourth-order valence-corrected chi connectivity index (χ4v) is 5.61. The summed E-state index contributed by atoms with van der Waals surface area (Å²) in [6, 6.07) is 10.8. The Bertz CT molecular complexity index is 1570. The smallest absolute Gasteiger partial charge is 0.257 e. The maximum atomic E-state index is 15.1. The van der Waals surface area contributed by atoms with Crippen molar-refractivity contribution in [2.45, 2.75) is 30.2 Å². The molecular weight excluding hydrogens is 658 g/mol. The molecule has 0 heterocycles. The third kappa shape index (κ3) is 6.77. The highest BCUT2D eigenvalue weighted by Gasteiger charge is 2.67. The van der Waals surface area contributed by atoms with E-state index < -0.39 is 63.0 Å². The third-order valence-corrected chi connectivity index (χ3v) is 8.50.